The molecule has 0 saturated carbocycles. The lowest BCUT2D eigenvalue weighted by atomic mass is 10.2. The third-order valence-electron chi connectivity index (χ3n) is 3.45. The molecule has 4 aromatic rings. The van der Waals surface area contributed by atoms with Crippen LogP contribution in [0.2, 0.25) is 0 Å². The summed E-state index contributed by atoms with van der Waals surface area (Å²) >= 11 is 1.54. The van der Waals surface area contributed by atoms with E-state index in [4.69, 9.17) is 4.98 Å². The minimum absolute atomic E-state index is 0.675. The van der Waals surface area contributed by atoms with E-state index in [1.54, 1.807) is 18.6 Å². The number of rotatable bonds is 3. The number of pyridine rings is 1. The SMILES string of the molecule is Cn1ccnc1Sc1nc(-c2cccnc2)nc2ccccc12. The van der Waals surface area contributed by atoms with Crippen LogP contribution >= 0.6 is 11.8 Å². The Balaban J connectivity index is 1.89. The molecule has 5 nitrogen and oxygen atoms in total. The van der Waals surface area contributed by atoms with E-state index in [2.05, 4.69) is 15.0 Å². The molecule has 0 aliphatic carbocycles. The van der Waals surface area contributed by atoms with Crippen molar-refractivity contribution in [1.82, 2.24) is 24.5 Å². The summed E-state index contributed by atoms with van der Waals surface area (Å²) in [5.41, 5.74) is 1.82. The van der Waals surface area contributed by atoms with Gasteiger partial charge in [0.05, 0.1) is 5.52 Å². The van der Waals surface area contributed by atoms with Gasteiger partial charge in [-0.25, -0.2) is 15.0 Å². The Morgan fingerprint density at radius 1 is 1.00 bits per heavy atom. The van der Waals surface area contributed by atoms with Gasteiger partial charge >= 0.3 is 0 Å². The zero-order valence-electron chi connectivity index (χ0n) is 12.4. The van der Waals surface area contributed by atoms with Gasteiger partial charge in [-0.1, -0.05) is 18.2 Å². The zero-order chi connectivity index (χ0) is 15.6. The van der Waals surface area contributed by atoms with Crippen LogP contribution in [0.1, 0.15) is 0 Å². The summed E-state index contributed by atoms with van der Waals surface area (Å²) in [7, 11) is 1.97. The Bertz CT molecular complexity index is 965. The van der Waals surface area contributed by atoms with Gasteiger partial charge in [-0.3, -0.25) is 4.98 Å². The number of fused-ring (bicyclic) bond motifs is 1. The molecule has 0 aliphatic rings. The summed E-state index contributed by atoms with van der Waals surface area (Å²) in [5.74, 6) is 0.675. The summed E-state index contributed by atoms with van der Waals surface area (Å²) in [4.78, 5) is 17.9. The maximum absolute atomic E-state index is 4.75. The lowest BCUT2D eigenvalue weighted by Gasteiger charge is -2.08. The summed E-state index contributed by atoms with van der Waals surface area (Å²) in [6.45, 7) is 0. The van der Waals surface area contributed by atoms with Gasteiger partial charge in [0.25, 0.3) is 0 Å². The van der Waals surface area contributed by atoms with Gasteiger partial charge in [-0.15, -0.1) is 0 Å². The van der Waals surface area contributed by atoms with E-state index in [0.29, 0.717) is 5.82 Å². The Morgan fingerprint density at radius 3 is 2.70 bits per heavy atom. The molecule has 0 unspecified atom stereocenters. The highest BCUT2D eigenvalue weighted by Gasteiger charge is 2.12. The number of hydrogen-bond acceptors (Lipinski definition) is 5. The number of aryl methyl sites for hydroxylation is 1. The van der Waals surface area contributed by atoms with Crippen molar-refractivity contribution in [3.8, 4) is 11.4 Å². The monoisotopic (exact) mass is 319 g/mol. The molecule has 0 radical (unpaired) electrons. The Kier molecular flexibility index (Phi) is 3.51. The minimum Gasteiger partial charge on any atom is -0.329 e. The van der Waals surface area contributed by atoms with E-state index in [1.807, 2.05) is 54.2 Å². The van der Waals surface area contributed by atoms with Gasteiger partial charge in [0.15, 0.2) is 11.0 Å². The lowest BCUT2D eigenvalue weighted by Crippen LogP contribution is -1.96. The summed E-state index contributed by atoms with van der Waals surface area (Å²) < 4.78 is 1.98. The normalized spacial score (nSPS) is 11.0. The predicted octanol–water partition coefficient (Wildman–Crippen LogP) is 3.58. The van der Waals surface area contributed by atoms with Crippen LogP contribution in [-0.4, -0.2) is 24.5 Å². The second-order valence-electron chi connectivity index (χ2n) is 5.03. The molecule has 0 bridgehead atoms. The zero-order valence-corrected chi connectivity index (χ0v) is 13.2. The summed E-state index contributed by atoms with van der Waals surface area (Å²) in [6, 6.07) is 11.9. The molecule has 0 spiro atoms. The molecule has 0 atom stereocenters. The smallest absolute Gasteiger partial charge is 0.174 e. The van der Waals surface area contributed by atoms with Gasteiger partial charge in [0.1, 0.15) is 5.03 Å². The van der Waals surface area contributed by atoms with E-state index >= 15 is 0 Å². The van der Waals surface area contributed by atoms with Crippen molar-refractivity contribution in [3.05, 3.63) is 61.2 Å². The van der Waals surface area contributed by atoms with Crippen LogP contribution in [0.3, 0.4) is 0 Å². The molecule has 0 fully saturated rings. The van der Waals surface area contributed by atoms with Crippen LogP contribution in [-0.2, 0) is 7.05 Å². The highest BCUT2D eigenvalue weighted by atomic mass is 32.2. The topological polar surface area (TPSA) is 56.5 Å². The Labute approximate surface area is 137 Å². The van der Waals surface area contributed by atoms with Crippen molar-refractivity contribution in [3.63, 3.8) is 0 Å². The fourth-order valence-corrected chi connectivity index (χ4v) is 3.19. The van der Waals surface area contributed by atoms with E-state index in [1.165, 1.54) is 11.8 Å². The average Bonchev–Trinajstić information content (AvgIpc) is 3.00. The second kappa shape index (κ2) is 5.81. The molecule has 112 valence electrons. The standard InChI is InChI=1S/C17H13N5S/c1-22-10-9-19-17(22)23-16-13-6-2-3-7-14(13)20-15(21-16)12-5-4-8-18-11-12/h2-11H,1H3. The first-order valence-electron chi connectivity index (χ1n) is 7.13. The first-order chi connectivity index (χ1) is 11.3. The van der Waals surface area contributed by atoms with Crippen molar-refractivity contribution in [2.45, 2.75) is 10.2 Å². The highest BCUT2D eigenvalue weighted by molar-refractivity contribution is 7.99. The van der Waals surface area contributed by atoms with Gasteiger partial charge < -0.3 is 4.57 Å². The van der Waals surface area contributed by atoms with Crippen molar-refractivity contribution in [1.29, 1.82) is 0 Å². The molecule has 1 aromatic carbocycles. The minimum atomic E-state index is 0.675. The van der Waals surface area contributed by atoms with Gasteiger partial charge in [0, 0.05) is 42.8 Å². The Morgan fingerprint density at radius 2 is 1.91 bits per heavy atom. The molecule has 23 heavy (non-hydrogen) atoms. The van der Waals surface area contributed by atoms with Crippen LogP contribution in [0.4, 0.5) is 0 Å². The lowest BCUT2D eigenvalue weighted by molar-refractivity contribution is 0.789. The number of hydrogen-bond donors (Lipinski definition) is 0. The quantitative estimate of drug-likeness (QED) is 0.540. The van der Waals surface area contributed by atoms with E-state index in [0.717, 1.165) is 26.6 Å². The summed E-state index contributed by atoms with van der Waals surface area (Å²) in [5, 5.41) is 2.81. The molecule has 6 heteroatoms. The van der Waals surface area contributed by atoms with Crippen molar-refractivity contribution in [2.24, 2.45) is 7.05 Å². The molecule has 3 heterocycles. The molecular formula is C17H13N5S. The number of nitrogens with zero attached hydrogens (tertiary/aromatic N) is 5. The Hall–Kier alpha value is -2.73. The fraction of sp³-hybridized carbons (Fsp3) is 0.0588. The highest BCUT2D eigenvalue weighted by Crippen LogP contribution is 2.31. The predicted molar refractivity (Wildman–Crippen MR) is 90.1 cm³/mol. The van der Waals surface area contributed by atoms with Crippen LogP contribution in [0.15, 0.2) is 71.4 Å². The third kappa shape index (κ3) is 2.68. The first kappa shape index (κ1) is 13.9. The number of benzene rings is 1. The molecular weight excluding hydrogens is 306 g/mol. The maximum Gasteiger partial charge on any atom is 0.174 e. The molecule has 4 rings (SSSR count). The average molecular weight is 319 g/mol. The van der Waals surface area contributed by atoms with E-state index in [9.17, 15) is 0 Å². The van der Waals surface area contributed by atoms with Crippen LogP contribution < -0.4 is 0 Å². The number of para-hydroxylation sites is 1. The largest absolute Gasteiger partial charge is 0.329 e. The third-order valence-corrected chi connectivity index (χ3v) is 4.53. The molecule has 0 aliphatic heterocycles. The summed E-state index contributed by atoms with van der Waals surface area (Å²) in [6.07, 6.45) is 7.23. The second-order valence-corrected chi connectivity index (χ2v) is 5.99. The van der Waals surface area contributed by atoms with Crippen molar-refractivity contribution >= 4 is 22.7 Å². The van der Waals surface area contributed by atoms with Gasteiger partial charge in [-0.2, -0.15) is 0 Å². The fourth-order valence-electron chi connectivity index (χ4n) is 2.29. The van der Waals surface area contributed by atoms with Crippen LogP contribution in [0.25, 0.3) is 22.3 Å². The van der Waals surface area contributed by atoms with Gasteiger partial charge in [-0.05, 0) is 30.0 Å². The molecule has 0 amide bonds. The van der Waals surface area contributed by atoms with Crippen molar-refractivity contribution < 1.29 is 0 Å². The van der Waals surface area contributed by atoms with Crippen LogP contribution in [0, 0.1) is 0 Å². The van der Waals surface area contributed by atoms with E-state index in [-0.39, 0.29) is 0 Å². The van der Waals surface area contributed by atoms with Crippen molar-refractivity contribution in [2.75, 3.05) is 0 Å². The number of aromatic nitrogens is 5. The molecule has 0 N–H and O–H groups in total. The van der Waals surface area contributed by atoms with Crippen LogP contribution in [0.5, 0.6) is 0 Å². The maximum atomic E-state index is 4.75. The molecule has 0 saturated heterocycles. The first-order valence-corrected chi connectivity index (χ1v) is 7.95. The molecule has 3 aromatic heterocycles. The number of imidazole rings is 1. The van der Waals surface area contributed by atoms with Gasteiger partial charge in [0.2, 0.25) is 0 Å². The van der Waals surface area contributed by atoms with E-state index < -0.39 is 0 Å².